The monoisotopic (exact) mass is 330 g/mol. The molecule has 0 bridgehead atoms. The molecule has 3 aromatic rings. The summed E-state index contributed by atoms with van der Waals surface area (Å²) in [6, 6.07) is 12.7. The van der Waals surface area contributed by atoms with Crippen molar-refractivity contribution in [3.63, 3.8) is 0 Å². The molecule has 0 fully saturated rings. The Labute approximate surface area is 138 Å². The van der Waals surface area contributed by atoms with Crippen LogP contribution in [0, 0.1) is 0 Å². The summed E-state index contributed by atoms with van der Waals surface area (Å²) in [4.78, 5) is 1.01. The van der Waals surface area contributed by atoms with Crippen molar-refractivity contribution in [2.75, 3.05) is 0 Å². The number of benzene rings is 1. The Morgan fingerprint density at radius 3 is 2.50 bits per heavy atom. The van der Waals surface area contributed by atoms with Crippen molar-refractivity contribution in [2.24, 2.45) is 0 Å². The first-order valence-electron chi connectivity index (χ1n) is 7.12. The molecule has 0 saturated heterocycles. The molecular formula is C17H18N2OS2. The minimum atomic E-state index is 0.188. The first kappa shape index (κ1) is 15.3. The molecule has 2 aromatic heterocycles. The molecule has 0 radical (unpaired) electrons. The summed E-state index contributed by atoms with van der Waals surface area (Å²) < 4.78 is 5.68. The molecule has 0 saturated carbocycles. The van der Waals surface area contributed by atoms with E-state index < -0.39 is 0 Å². The number of nitrogens with zero attached hydrogens (tertiary/aromatic N) is 2. The van der Waals surface area contributed by atoms with E-state index in [1.807, 2.05) is 17.5 Å². The van der Waals surface area contributed by atoms with Gasteiger partial charge in [0.1, 0.15) is 0 Å². The first-order valence-corrected chi connectivity index (χ1v) is 8.98. The zero-order valence-electron chi connectivity index (χ0n) is 12.9. The van der Waals surface area contributed by atoms with Gasteiger partial charge in [0.05, 0.1) is 4.88 Å². The average Bonchev–Trinajstić information content (AvgIpc) is 3.15. The lowest BCUT2D eigenvalue weighted by atomic mass is 9.87. The van der Waals surface area contributed by atoms with Gasteiger partial charge in [-0.05, 0) is 28.0 Å². The summed E-state index contributed by atoms with van der Waals surface area (Å²) in [6.07, 6.45) is 0. The summed E-state index contributed by atoms with van der Waals surface area (Å²) in [5.41, 5.74) is 2.79. The van der Waals surface area contributed by atoms with Gasteiger partial charge in [-0.15, -0.1) is 21.5 Å². The second-order valence-corrected chi connectivity index (χ2v) is 7.96. The van der Waals surface area contributed by atoms with Gasteiger partial charge >= 0.3 is 0 Å². The second-order valence-electron chi connectivity index (χ2n) is 6.09. The number of thiophene rings is 1. The van der Waals surface area contributed by atoms with E-state index in [4.69, 9.17) is 4.42 Å². The van der Waals surface area contributed by atoms with Gasteiger partial charge in [0, 0.05) is 5.75 Å². The van der Waals surface area contributed by atoms with E-state index in [-0.39, 0.29) is 5.41 Å². The Hall–Kier alpha value is -1.59. The first-order chi connectivity index (χ1) is 10.5. The van der Waals surface area contributed by atoms with Crippen LogP contribution in [0.2, 0.25) is 0 Å². The number of hydrogen-bond acceptors (Lipinski definition) is 5. The van der Waals surface area contributed by atoms with E-state index >= 15 is 0 Å². The smallest absolute Gasteiger partial charge is 0.277 e. The zero-order valence-corrected chi connectivity index (χ0v) is 14.5. The number of aromatic nitrogens is 2. The van der Waals surface area contributed by atoms with Crippen molar-refractivity contribution in [1.29, 1.82) is 0 Å². The van der Waals surface area contributed by atoms with Gasteiger partial charge < -0.3 is 4.42 Å². The van der Waals surface area contributed by atoms with Crippen molar-refractivity contribution >= 4 is 23.1 Å². The molecule has 22 heavy (non-hydrogen) atoms. The minimum absolute atomic E-state index is 0.188. The highest BCUT2D eigenvalue weighted by molar-refractivity contribution is 7.98. The van der Waals surface area contributed by atoms with Crippen LogP contribution in [0.1, 0.15) is 31.9 Å². The highest BCUT2D eigenvalue weighted by Gasteiger charge is 2.13. The molecule has 0 spiro atoms. The van der Waals surface area contributed by atoms with Gasteiger partial charge in [-0.3, -0.25) is 0 Å². The number of thioether (sulfide) groups is 1. The molecular weight excluding hydrogens is 312 g/mol. The highest BCUT2D eigenvalue weighted by Crippen LogP contribution is 2.29. The Kier molecular flexibility index (Phi) is 4.36. The maximum absolute atomic E-state index is 5.68. The molecule has 0 N–H and O–H groups in total. The van der Waals surface area contributed by atoms with E-state index in [1.54, 1.807) is 23.1 Å². The lowest BCUT2D eigenvalue weighted by Gasteiger charge is -2.19. The van der Waals surface area contributed by atoms with Crippen LogP contribution in [-0.4, -0.2) is 10.2 Å². The maximum Gasteiger partial charge on any atom is 0.277 e. The summed E-state index contributed by atoms with van der Waals surface area (Å²) >= 11 is 3.17. The fraction of sp³-hybridized carbons (Fsp3) is 0.294. The largest absolute Gasteiger partial charge is 0.410 e. The zero-order chi connectivity index (χ0) is 15.6. The van der Waals surface area contributed by atoms with Crippen LogP contribution in [-0.2, 0) is 11.2 Å². The summed E-state index contributed by atoms with van der Waals surface area (Å²) in [5.74, 6) is 1.43. The molecule has 0 atom stereocenters. The predicted molar refractivity (Wildman–Crippen MR) is 92.3 cm³/mol. The van der Waals surface area contributed by atoms with Crippen LogP contribution in [0.3, 0.4) is 0 Å². The SMILES string of the molecule is CC(C)(C)c1ccc(CSc2nnc(-c3cccs3)o2)cc1. The van der Waals surface area contributed by atoms with Crippen LogP contribution in [0.15, 0.2) is 51.4 Å². The van der Waals surface area contributed by atoms with Crippen molar-refractivity contribution in [1.82, 2.24) is 10.2 Å². The molecule has 114 valence electrons. The van der Waals surface area contributed by atoms with Crippen LogP contribution < -0.4 is 0 Å². The van der Waals surface area contributed by atoms with E-state index in [2.05, 4.69) is 55.2 Å². The molecule has 5 heteroatoms. The lowest BCUT2D eigenvalue weighted by molar-refractivity contribution is 0.466. The second kappa shape index (κ2) is 6.26. The van der Waals surface area contributed by atoms with Gasteiger partial charge in [-0.2, -0.15) is 0 Å². The fourth-order valence-corrected chi connectivity index (χ4v) is 3.38. The van der Waals surface area contributed by atoms with Crippen LogP contribution >= 0.6 is 23.1 Å². The van der Waals surface area contributed by atoms with E-state index in [0.29, 0.717) is 11.1 Å². The third-order valence-corrected chi connectivity index (χ3v) is 5.07. The standard InChI is InChI=1S/C17H18N2OS2/c1-17(2,3)13-8-6-12(7-9-13)11-22-16-19-18-15(20-16)14-5-4-10-21-14/h4-10H,11H2,1-3H3. The maximum atomic E-state index is 5.68. The van der Waals surface area contributed by atoms with Crippen LogP contribution in [0.25, 0.3) is 10.8 Å². The van der Waals surface area contributed by atoms with Crippen LogP contribution in [0.4, 0.5) is 0 Å². The summed E-state index contributed by atoms with van der Waals surface area (Å²) in [7, 11) is 0. The Bertz CT molecular complexity index is 725. The molecule has 3 nitrogen and oxygen atoms in total. The van der Waals surface area contributed by atoms with E-state index in [0.717, 1.165) is 10.6 Å². The fourth-order valence-electron chi connectivity index (χ4n) is 2.01. The number of hydrogen-bond donors (Lipinski definition) is 0. The highest BCUT2D eigenvalue weighted by atomic mass is 32.2. The van der Waals surface area contributed by atoms with Crippen LogP contribution in [0.5, 0.6) is 0 Å². The van der Waals surface area contributed by atoms with Gasteiger partial charge in [0.25, 0.3) is 11.1 Å². The predicted octanol–water partition coefficient (Wildman–Crippen LogP) is 5.39. The molecule has 0 amide bonds. The van der Waals surface area contributed by atoms with Gasteiger partial charge in [0.2, 0.25) is 0 Å². The van der Waals surface area contributed by atoms with Crippen molar-refractivity contribution < 1.29 is 4.42 Å². The third kappa shape index (κ3) is 3.59. The van der Waals surface area contributed by atoms with Crippen molar-refractivity contribution in [3.05, 3.63) is 52.9 Å². The van der Waals surface area contributed by atoms with E-state index in [1.165, 1.54) is 11.1 Å². The molecule has 0 aliphatic rings. The quantitative estimate of drug-likeness (QED) is 0.601. The summed E-state index contributed by atoms with van der Waals surface area (Å²) in [5, 5.41) is 10.8. The Morgan fingerprint density at radius 1 is 1.09 bits per heavy atom. The molecule has 0 aliphatic heterocycles. The van der Waals surface area contributed by atoms with Gasteiger partial charge in [-0.25, -0.2) is 0 Å². The van der Waals surface area contributed by atoms with Crippen molar-refractivity contribution in [2.45, 2.75) is 37.2 Å². The van der Waals surface area contributed by atoms with E-state index in [9.17, 15) is 0 Å². The lowest BCUT2D eigenvalue weighted by Crippen LogP contribution is -2.10. The molecule has 0 aliphatic carbocycles. The average molecular weight is 330 g/mol. The molecule has 2 heterocycles. The van der Waals surface area contributed by atoms with Gasteiger partial charge in [-0.1, -0.05) is 62.9 Å². The molecule has 1 aromatic carbocycles. The number of rotatable bonds is 4. The Morgan fingerprint density at radius 2 is 1.86 bits per heavy atom. The van der Waals surface area contributed by atoms with Crippen molar-refractivity contribution in [3.8, 4) is 10.8 Å². The summed E-state index contributed by atoms with van der Waals surface area (Å²) in [6.45, 7) is 6.67. The normalized spacial score (nSPS) is 11.8. The topological polar surface area (TPSA) is 38.9 Å². The molecule has 3 rings (SSSR count). The minimum Gasteiger partial charge on any atom is -0.410 e. The molecule has 0 unspecified atom stereocenters. The Balaban J connectivity index is 1.63. The van der Waals surface area contributed by atoms with Gasteiger partial charge in [0.15, 0.2) is 0 Å². The third-order valence-electron chi connectivity index (χ3n) is 3.32.